The molecule has 0 fully saturated rings. The molecule has 0 aromatic carbocycles. The lowest BCUT2D eigenvalue weighted by Crippen LogP contribution is -2.45. The summed E-state index contributed by atoms with van der Waals surface area (Å²) in [5.74, 6) is -5.23. The van der Waals surface area contributed by atoms with E-state index in [9.17, 15) is 26.3 Å². The highest BCUT2D eigenvalue weighted by Crippen LogP contribution is 2.39. The summed E-state index contributed by atoms with van der Waals surface area (Å²) in [6, 6.07) is 0. The number of hydrogen-bond acceptors (Lipinski definition) is 0. The Balaban J connectivity index is 4.45. The summed E-state index contributed by atoms with van der Waals surface area (Å²) in [6.07, 6.45) is -8.96. The average molecular weight is 292 g/mol. The van der Waals surface area contributed by atoms with Crippen molar-refractivity contribution in [2.24, 2.45) is 0 Å². The van der Waals surface area contributed by atoms with Crippen molar-refractivity contribution in [2.75, 3.05) is 4.43 Å². The Bertz CT molecular complexity index is 129. The first kappa shape index (κ1) is 11.3. The summed E-state index contributed by atoms with van der Waals surface area (Å²) in [4.78, 5) is 0. The molecule has 1 unspecified atom stereocenters. The van der Waals surface area contributed by atoms with Crippen LogP contribution in [0.15, 0.2) is 0 Å². The van der Waals surface area contributed by atoms with Crippen LogP contribution in [0.2, 0.25) is 0 Å². The average Bonchev–Trinajstić information content (AvgIpc) is 1.83. The van der Waals surface area contributed by atoms with E-state index >= 15 is 0 Å². The molecule has 0 spiro atoms. The summed E-state index contributed by atoms with van der Waals surface area (Å²) in [5.41, 5.74) is 0. The second-order valence-electron chi connectivity index (χ2n) is 1.74. The zero-order valence-corrected chi connectivity index (χ0v) is 7.09. The van der Waals surface area contributed by atoms with Gasteiger partial charge in [0.25, 0.3) is 0 Å². The van der Waals surface area contributed by atoms with Gasteiger partial charge in [0.15, 0.2) is 6.17 Å². The topological polar surface area (TPSA) is 0 Å². The highest BCUT2D eigenvalue weighted by Gasteiger charge is 2.62. The fraction of sp³-hybridized carbons (Fsp3) is 1.00. The van der Waals surface area contributed by atoms with Crippen molar-refractivity contribution in [1.29, 1.82) is 0 Å². The van der Waals surface area contributed by atoms with E-state index in [0.29, 0.717) is 0 Å². The van der Waals surface area contributed by atoms with Gasteiger partial charge in [0.2, 0.25) is 0 Å². The van der Waals surface area contributed by atoms with Crippen LogP contribution in [-0.4, -0.2) is 22.7 Å². The maximum Gasteiger partial charge on any atom is 0.456 e. The lowest BCUT2D eigenvalue weighted by Gasteiger charge is -2.21. The van der Waals surface area contributed by atoms with Gasteiger partial charge in [-0.1, -0.05) is 22.6 Å². The number of rotatable bonds is 2. The predicted molar refractivity (Wildman–Crippen MR) is 34.8 cm³/mol. The van der Waals surface area contributed by atoms with Gasteiger partial charge in [-0.05, 0) is 0 Å². The minimum atomic E-state index is -5.79. The maximum absolute atomic E-state index is 11.9. The maximum atomic E-state index is 11.9. The third-order valence-corrected chi connectivity index (χ3v) is 1.68. The molecule has 0 nitrogen and oxygen atoms in total. The first-order chi connectivity index (χ1) is 4.73. The quantitative estimate of drug-likeness (QED) is 0.417. The van der Waals surface area contributed by atoms with Gasteiger partial charge in [0.05, 0.1) is 0 Å². The van der Waals surface area contributed by atoms with Crippen molar-refractivity contribution in [1.82, 2.24) is 0 Å². The largest absolute Gasteiger partial charge is 0.456 e. The van der Waals surface area contributed by atoms with Crippen LogP contribution in [0.3, 0.4) is 0 Å². The summed E-state index contributed by atoms with van der Waals surface area (Å²) in [7, 11) is 0. The smallest absolute Gasteiger partial charge is 0.240 e. The Kier molecular flexibility index (Phi) is 3.45. The van der Waals surface area contributed by atoms with E-state index in [1.165, 1.54) is 0 Å². The molecule has 0 saturated carbocycles. The zero-order chi connectivity index (χ0) is 9.28. The van der Waals surface area contributed by atoms with E-state index in [1.54, 1.807) is 0 Å². The van der Waals surface area contributed by atoms with Gasteiger partial charge >= 0.3 is 12.1 Å². The zero-order valence-electron chi connectivity index (χ0n) is 4.93. The van der Waals surface area contributed by atoms with Crippen LogP contribution in [-0.2, 0) is 0 Å². The highest BCUT2D eigenvalue weighted by atomic mass is 127. The predicted octanol–water partition coefficient (Wildman–Crippen LogP) is 2.96. The van der Waals surface area contributed by atoms with Crippen molar-refractivity contribution >= 4 is 22.6 Å². The van der Waals surface area contributed by atoms with E-state index < -0.39 is 22.7 Å². The first-order valence-electron chi connectivity index (χ1n) is 2.38. The van der Waals surface area contributed by atoms with E-state index in [2.05, 4.69) is 0 Å². The van der Waals surface area contributed by atoms with E-state index in [4.69, 9.17) is 0 Å². The summed E-state index contributed by atoms with van der Waals surface area (Å²) >= 11 is 1.12. The van der Waals surface area contributed by atoms with Crippen LogP contribution in [0.5, 0.6) is 0 Å². The highest BCUT2D eigenvalue weighted by molar-refractivity contribution is 14.1. The van der Waals surface area contributed by atoms with Crippen LogP contribution < -0.4 is 0 Å². The second-order valence-corrected chi connectivity index (χ2v) is 2.62. The van der Waals surface area contributed by atoms with Crippen LogP contribution in [0.1, 0.15) is 0 Å². The minimum Gasteiger partial charge on any atom is -0.240 e. The third kappa shape index (κ3) is 2.38. The molecule has 0 N–H and O–H groups in total. The number of halogens is 7. The fourth-order valence-corrected chi connectivity index (χ4v) is 0.828. The Morgan fingerprint density at radius 1 is 1.09 bits per heavy atom. The van der Waals surface area contributed by atoms with E-state index in [0.717, 1.165) is 22.6 Å². The third-order valence-electron chi connectivity index (χ3n) is 0.907. The SMILES string of the molecule is FC(CI)C(F)(F)C(F)(F)F. The molecular weight excluding hydrogens is 289 g/mol. The molecule has 0 radical (unpaired) electrons. The second kappa shape index (κ2) is 3.36. The van der Waals surface area contributed by atoms with Crippen molar-refractivity contribution in [3.63, 3.8) is 0 Å². The monoisotopic (exact) mass is 292 g/mol. The first-order valence-corrected chi connectivity index (χ1v) is 3.90. The van der Waals surface area contributed by atoms with Crippen molar-refractivity contribution in [3.8, 4) is 0 Å². The molecule has 7 heteroatoms. The van der Waals surface area contributed by atoms with Crippen molar-refractivity contribution < 1.29 is 26.3 Å². The molecule has 0 aliphatic carbocycles. The summed E-state index contributed by atoms with van der Waals surface area (Å²) in [6.45, 7) is 0. The number of alkyl halides is 7. The van der Waals surface area contributed by atoms with Gasteiger partial charge in [-0.25, -0.2) is 4.39 Å². The van der Waals surface area contributed by atoms with E-state index in [1.807, 2.05) is 0 Å². The van der Waals surface area contributed by atoms with Gasteiger partial charge < -0.3 is 0 Å². The molecule has 0 heterocycles. The van der Waals surface area contributed by atoms with Crippen LogP contribution in [0.4, 0.5) is 26.3 Å². The molecule has 0 amide bonds. The molecule has 0 bridgehead atoms. The Morgan fingerprint density at radius 2 is 1.45 bits per heavy atom. The van der Waals surface area contributed by atoms with Crippen LogP contribution >= 0.6 is 22.6 Å². The Hall–Kier alpha value is 0.310. The standard InChI is InChI=1S/C4H3F6I/c5-2(1-11)3(6,7)4(8,9)10/h2H,1H2. The number of hydrogen-bond donors (Lipinski definition) is 0. The van der Waals surface area contributed by atoms with Gasteiger partial charge in [-0.2, -0.15) is 22.0 Å². The molecule has 0 rings (SSSR count). The van der Waals surface area contributed by atoms with Gasteiger partial charge in [0, 0.05) is 4.43 Å². The van der Waals surface area contributed by atoms with Gasteiger partial charge in [0.1, 0.15) is 0 Å². The molecule has 0 aromatic rings. The van der Waals surface area contributed by atoms with Crippen LogP contribution in [0.25, 0.3) is 0 Å². The van der Waals surface area contributed by atoms with Crippen LogP contribution in [0, 0.1) is 0 Å². The van der Waals surface area contributed by atoms with Gasteiger partial charge in [-0.3, -0.25) is 0 Å². The Labute approximate surface area is 72.1 Å². The van der Waals surface area contributed by atoms with E-state index in [-0.39, 0.29) is 0 Å². The fourth-order valence-electron chi connectivity index (χ4n) is 0.274. The molecule has 1 atom stereocenters. The lowest BCUT2D eigenvalue weighted by atomic mass is 10.2. The molecule has 0 aliphatic heterocycles. The normalized spacial score (nSPS) is 16.6. The summed E-state index contributed by atoms with van der Waals surface area (Å²) < 4.78 is 68.5. The Morgan fingerprint density at radius 3 is 1.55 bits per heavy atom. The molecule has 68 valence electrons. The van der Waals surface area contributed by atoms with Crippen molar-refractivity contribution in [2.45, 2.75) is 18.3 Å². The molecule has 0 aromatic heterocycles. The van der Waals surface area contributed by atoms with Crippen molar-refractivity contribution in [3.05, 3.63) is 0 Å². The molecule has 0 aliphatic rings. The van der Waals surface area contributed by atoms with Gasteiger partial charge in [-0.15, -0.1) is 0 Å². The molecular formula is C4H3F6I. The molecule has 0 saturated heterocycles. The molecule has 11 heavy (non-hydrogen) atoms. The lowest BCUT2D eigenvalue weighted by molar-refractivity contribution is -0.299. The summed E-state index contributed by atoms with van der Waals surface area (Å²) in [5, 5.41) is 0. The minimum absolute atomic E-state index is 0.885.